The van der Waals surface area contributed by atoms with Crippen molar-refractivity contribution < 1.29 is 9.53 Å². The fourth-order valence-electron chi connectivity index (χ4n) is 2.23. The number of piperidine rings is 1. The lowest BCUT2D eigenvalue weighted by atomic mass is 9.98. The molecule has 1 N–H and O–H groups in total. The Labute approximate surface area is 105 Å². The molecule has 4 nitrogen and oxygen atoms in total. The maximum Gasteiger partial charge on any atom is 0.248 e. The molecule has 0 aliphatic carbocycles. The number of hydrogen-bond acceptors (Lipinski definition) is 3. The molecule has 1 amide bonds. The summed E-state index contributed by atoms with van der Waals surface area (Å²) in [5, 5.41) is 3.39. The zero-order valence-electron chi connectivity index (χ0n) is 11.4. The normalized spacial score (nSPS) is 20.6. The van der Waals surface area contributed by atoms with Crippen molar-refractivity contribution in [3.63, 3.8) is 0 Å². The van der Waals surface area contributed by atoms with E-state index < -0.39 is 0 Å². The van der Waals surface area contributed by atoms with E-state index in [9.17, 15) is 4.79 Å². The lowest BCUT2D eigenvalue weighted by Gasteiger charge is -2.32. The number of amides is 1. The van der Waals surface area contributed by atoms with Gasteiger partial charge in [-0.25, -0.2) is 0 Å². The van der Waals surface area contributed by atoms with E-state index in [-0.39, 0.29) is 18.6 Å². The SMILES string of the molecule is CCOCC(=O)N(CC1CCCNC1)C(C)C. The van der Waals surface area contributed by atoms with Gasteiger partial charge in [0.05, 0.1) is 0 Å². The number of hydrogen-bond donors (Lipinski definition) is 1. The zero-order chi connectivity index (χ0) is 12.7. The van der Waals surface area contributed by atoms with Crippen LogP contribution in [0.4, 0.5) is 0 Å². The smallest absolute Gasteiger partial charge is 0.248 e. The number of rotatable bonds is 6. The van der Waals surface area contributed by atoms with Gasteiger partial charge in [-0.15, -0.1) is 0 Å². The molecular formula is C13H26N2O2. The average molecular weight is 242 g/mol. The molecule has 1 aliphatic heterocycles. The Hall–Kier alpha value is -0.610. The summed E-state index contributed by atoms with van der Waals surface area (Å²) in [6, 6.07) is 0.255. The Morgan fingerprint density at radius 1 is 1.53 bits per heavy atom. The van der Waals surface area contributed by atoms with Gasteiger partial charge in [-0.2, -0.15) is 0 Å². The minimum Gasteiger partial charge on any atom is -0.372 e. The largest absolute Gasteiger partial charge is 0.372 e. The highest BCUT2D eigenvalue weighted by molar-refractivity contribution is 5.77. The quantitative estimate of drug-likeness (QED) is 0.762. The van der Waals surface area contributed by atoms with Crippen molar-refractivity contribution in [2.45, 2.75) is 39.7 Å². The molecule has 0 aromatic heterocycles. The molecule has 100 valence electrons. The standard InChI is InChI=1S/C13H26N2O2/c1-4-17-10-13(16)15(11(2)3)9-12-6-5-7-14-8-12/h11-12,14H,4-10H2,1-3H3. The molecule has 1 atom stereocenters. The first-order chi connectivity index (χ1) is 8.15. The monoisotopic (exact) mass is 242 g/mol. The summed E-state index contributed by atoms with van der Waals surface area (Å²) in [4.78, 5) is 13.9. The van der Waals surface area contributed by atoms with E-state index >= 15 is 0 Å². The van der Waals surface area contributed by atoms with Gasteiger partial charge in [0.2, 0.25) is 5.91 Å². The first-order valence-electron chi connectivity index (χ1n) is 6.73. The second-order valence-corrected chi connectivity index (χ2v) is 4.99. The van der Waals surface area contributed by atoms with Crippen LogP contribution < -0.4 is 5.32 Å². The average Bonchev–Trinajstić information content (AvgIpc) is 2.34. The fraction of sp³-hybridized carbons (Fsp3) is 0.923. The molecule has 1 aliphatic rings. The van der Waals surface area contributed by atoms with Crippen molar-refractivity contribution in [2.24, 2.45) is 5.92 Å². The van der Waals surface area contributed by atoms with Crippen molar-refractivity contribution in [1.82, 2.24) is 10.2 Å². The second-order valence-electron chi connectivity index (χ2n) is 4.99. The highest BCUT2D eigenvalue weighted by atomic mass is 16.5. The van der Waals surface area contributed by atoms with E-state index in [1.54, 1.807) is 0 Å². The van der Waals surface area contributed by atoms with Crippen molar-refractivity contribution in [3.05, 3.63) is 0 Å². The number of nitrogens with zero attached hydrogens (tertiary/aromatic N) is 1. The van der Waals surface area contributed by atoms with Crippen LogP contribution in [-0.4, -0.2) is 49.7 Å². The van der Waals surface area contributed by atoms with Crippen LogP contribution in [0.15, 0.2) is 0 Å². The van der Waals surface area contributed by atoms with Gasteiger partial charge in [-0.05, 0) is 52.6 Å². The molecule has 0 aromatic carbocycles. The van der Waals surface area contributed by atoms with E-state index in [1.807, 2.05) is 11.8 Å². The minimum absolute atomic E-state index is 0.118. The number of nitrogens with one attached hydrogen (secondary N) is 1. The molecule has 1 fully saturated rings. The van der Waals surface area contributed by atoms with E-state index in [1.165, 1.54) is 12.8 Å². The zero-order valence-corrected chi connectivity index (χ0v) is 11.4. The predicted molar refractivity (Wildman–Crippen MR) is 68.9 cm³/mol. The fourth-order valence-corrected chi connectivity index (χ4v) is 2.23. The molecule has 0 saturated carbocycles. The summed E-state index contributed by atoms with van der Waals surface area (Å²) in [6.45, 7) is 9.88. The molecule has 0 aromatic rings. The summed E-state index contributed by atoms with van der Waals surface area (Å²) in [5.74, 6) is 0.712. The Balaban J connectivity index is 2.43. The van der Waals surface area contributed by atoms with Crippen molar-refractivity contribution in [2.75, 3.05) is 32.8 Å². The van der Waals surface area contributed by atoms with Gasteiger partial charge >= 0.3 is 0 Å². The van der Waals surface area contributed by atoms with Gasteiger partial charge in [0.15, 0.2) is 0 Å². The highest BCUT2D eigenvalue weighted by Crippen LogP contribution is 2.13. The first-order valence-corrected chi connectivity index (χ1v) is 6.73. The van der Waals surface area contributed by atoms with Crippen LogP contribution in [0.1, 0.15) is 33.6 Å². The molecule has 0 bridgehead atoms. The maximum atomic E-state index is 12.0. The van der Waals surface area contributed by atoms with Gasteiger partial charge in [0.1, 0.15) is 6.61 Å². The third-order valence-corrected chi connectivity index (χ3v) is 3.23. The van der Waals surface area contributed by atoms with Crippen molar-refractivity contribution in [3.8, 4) is 0 Å². The molecular weight excluding hydrogens is 216 g/mol. The summed E-state index contributed by atoms with van der Waals surface area (Å²) >= 11 is 0. The van der Waals surface area contributed by atoms with Crippen LogP contribution in [-0.2, 0) is 9.53 Å². The molecule has 0 spiro atoms. The molecule has 1 saturated heterocycles. The summed E-state index contributed by atoms with van der Waals surface area (Å²) in [7, 11) is 0. The third-order valence-electron chi connectivity index (χ3n) is 3.23. The second kappa shape index (κ2) is 7.67. The van der Waals surface area contributed by atoms with Crippen LogP contribution in [0.3, 0.4) is 0 Å². The van der Waals surface area contributed by atoms with E-state index in [4.69, 9.17) is 4.74 Å². The van der Waals surface area contributed by atoms with E-state index in [2.05, 4.69) is 19.2 Å². The number of carbonyl (C=O) groups excluding carboxylic acids is 1. The molecule has 1 unspecified atom stereocenters. The summed E-state index contributed by atoms with van der Waals surface area (Å²) < 4.78 is 5.21. The Bertz CT molecular complexity index is 225. The third kappa shape index (κ3) is 5.04. The predicted octanol–water partition coefficient (Wildman–Crippen LogP) is 1.26. The van der Waals surface area contributed by atoms with E-state index in [0.717, 1.165) is 19.6 Å². The molecule has 1 rings (SSSR count). The topological polar surface area (TPSA) is 41.6 Å². The number of carbonyl (C=O) groups is 1. The van der Waals surface area contributed by atoms with Crippen LogP contribution in [0, 0.1) is 5.92 Å². The molecule has 17 heavy (non-hydrogen) atoms. The molecule has 1 heterocycles. The van der Waals surface area contributed by atoms with Gasteiger partial charge in [0.25, 0.3) is 0 Å². The summed E-state index contributed by atoms with van der Waals surface area (Å²) in [5.41, 5.74) is 0. The van der Waals surface area contributed by atoms with Crippen molar-refractivity contribution in [1.29, 1.82) is 0 Å². The van der Waals surface area contributed by atoms with Crippen LogP contribution in [0.5, 0.6) is 0 Å². The first kappa shape index (κ1) is 14.5. The van der Waals surface area contributed by atoms with Gasteiger partial charge < -0.3 is 15.0 Å². The van der Waals surface area contributed by atoms with Crippen molar-refractivity contribution >= 4 is 5.91 Å². The summed E-state index contributed by atoms with van der Waals surface area (Å²) in [6.07, 6.45) is 2.44. The molecule has 4 heteroatoms. The minimum atomic E-state index is 0.118. The van der Waals surface area contributed by atoms with Gasteiger partial charge in [0, 0.05) is 19.2 Å². The molecule has 0 radical (unpaired) electrons. The van der Waals surface area contributed by atoms with Crippen LogP contribution in [0.2, 0.25) is 0 Å². The highest BCUT2D eigenvalue weighted by Gasteiger charge is 2.22. The van der Waals surface area contributed by atoms with E-state index in [0.29, 0.717) is 12.5 Å². The van der Waals surface area contributed by atoms with Gasteiger partial charge in [-0.1, -0.05) is 0 Å². The van der Waals surface area contributed by atoms with Gasteiger partial charge in [-0.3, -0.25) is 4.79 Å². The lowest BCUT2D eigenvalue weighted by molar-refractivity contribution is -0.138. The van der Waals surface area contributed by atoms with Crippen LogP contribution >= 0.6 is 0 Å². The van der Waals surface area contributed by atoms with Crippen LogP contribution in [0.25, 0.3) is 0 Å². The Morgan fingerprint density at radius 3 is 2.82 bits per heavy atom. The Morgan fingerprint density at radius 2 is 2.29 bits per heavy atom. The number of ether oxygens (including phenoxy) is 1. The Kier molecular flexibility index (Phi) is 6.52. The maximum absolute atomic E-state index is 12.0. The lowest BCUT2D eigenvalue weighted by Crippen LogP contribution is -2.45.